The normalized spacial score (nSPS) is 0. The summed E-state index contributed by atoms with van der Waals surface area (Å²) in [5.74, 6) is 0. The SMILES string of the molecule is [O-2].[O-2].[O-2].[O-2].[OH-].[Ti+4].[V]. The Bertz CT molecular complexity index is 8.04. The van der Waals surface area contributed by atoms with E-state index < -0.39 is 0 Å². The Labute approximate surface area is 67.8 Å². The third-order valence-electron chi connectivity index (χ3n) is 0. The quantitative estimate of drug-likeness (QED) is 0.447. The zero-order chi connectivity index (χ0) is 0. The van der Waals surface area contributed by atoms with Gasteiger partial charge in [-0.2, -0.15) is 0 Å². The fourth-order valence-electron chi connectivity index (χ4n) is 0. The maximum Gasteiger partial charge on any atom is 4.00 e. The summed E-state index contributed by atoms with van der Waals surface area (Å²) in [4.78, 5) is 0. The maximum absolute atomic E-state index is 0. The summed E-state index contributed by atoms with van der Waals surface area (Å²) in [6, 6.07) is 0. The van der Waals surface area contributed by atoms with Gasteiger partial charge in [0.05, 0.1) is 0 Å². The van der Waals surface area contributed by atoms with Gasteiger partial charge in [0, 0.05) is 18.6 Å². The third kappa shape index (κ3) is 153. The van der Waals surface area contributed by atoms with E-state index in [4.69, 9.17) is 0 Å². The van der Waals surface area contributed by atoms with Gasteiger partial charge in [0.1, 0.15) is 0 Å². The van der Waals surface area contributed by atoms with Crippen molar-refractivity contribution in [3.8, 4) is 0 Å². The molecular formula is HO5TiV-5. The predicted molar refractivity (Wildman–Crippen MR) is 4.68 cm³/mol. The molecule has 0 fully saturated rings. The Morgan fingerprint density at radius 3 is 0.571 bits per heavy atom. The van der Waals surface area contributed by atoms with E-state index in [9.17, 15) is 0 Å². The minimum Gasteiger partial charge on any atom is -2.00 e. The van der Waals surface area contributed by atoms with Gasteiger partial charge >= 0.3 is 21.7 Å². The first-order valence-corrected chi connectivity index (χ1v) is 0. The first-order chi connectivity index (χ1) is 0. The van der Waals surface area contributed by atoms with Gasteiger partial charge in [0.15, 0.2) is 0 Å². The van der Waals surface area contributed by atoms with Crippen molar-refractivity contribution in [3.63, 3.8) is 0 Å². The fourth-order valence-corrected chi connectivity index (χ4v) is 0. The molecule has 0 amide bonds. The van der Waals surface area contributed by atoms with Crippen LogP contribution in [0, 0.1) is 0 Å². The Hall–Kier alpha value is 1.10. The molecule has 0 bridgehead atoms. The largest absolute Gasteiger partial charge is 4.00 e. The van der Waals surface area contributed by atoms with Gasteiger partial charge in [0.25, 0.3) is 0 Å². The molecule has 0 heterocycles. The van der Waals surface area contributed by atoms with Crippen molar-refractivity contribution in [2.45, 2.75) is 0 Å². The van der Waals surface area contributed by atoms with Crippen LogP contribution in [-0.2, 0) is 62.2 Å². The van der Waals surface area contributed by atoms with Crippen molar-refractivity contribution in [1.29, 1.82) is 0 Å². The molecule has 0 aliphatic carbocycles. The first-order valence-electron chi connectivity index (χ1n) is 0. The molecule has 0 unspecified atom stereocenters. The molecule has 0 aromatic rings. The molecule has 0 aliphatic heterocycles. The molecule has 5 nitrogen and oxygen atoms in total. The van der Waals surface area contributed by atoms with Crippen molar-refractivity contribution in [3.05, 3.63) is 0 Å². The Kier molecular flexibility index (Phi) is 10600. The maximum atomic E-state index is 0. The standard InChI is InChI=1S/H2O.4O.Ti.V/h1H2;;;;;;/q;4*-2;+4;/p-1. The summed E-state index contributed by atoms with van der Waals surface area (Å²) in [7, 11) is 0. The molecular weight excluding hydrogens is 179 g/mol. The molecule has 0 spiro atoms. The van der Waals surface area contributed by atoms with Gasteiger partial charge < -0.3 is 27.4 Å². The van der Waals surface area contributed by atoms with Crippen molar-refractivity contribution < 1.29 is 67.7 Å². The van der Waals surface area contributed by atoms with Crippen LogP contribution < -0.4 is 0 Å². The van der Waals surface area contributed by atoms with Crippen LogP contribution in [-0.4, -0.2) is 5.48 Å². The minimum atomic E-state index is 0. The van der Waals surface area contributed by atoms with E-state index in [0.29, 0.717) is 0 Å². The zero-order valence-corrected chi connectivity index (χ0v) is 5.99. The molecule has 0 aliphatic rings. The summed E-state index contributed by atoms with van der Waals surface area (Å²) >= 11 is 0. The van der Waals surface area contributed by atoms with Crippen molar-refractivity contribution in [2.24, 2.45) is 0 Å². The molecule has 0 saturated heterocycles. The van der Waals surface area contributed by atoms with E-state index in [0.717, 1.165) is 0 Å². The third-order valence-corrected chi connectivity index (χ3v) is 0. The molecule has 1 N–H and O–H groups in total. The second kappa shape index (κ2) is 219. The molecule has 0 rings (SSSR count). The van der Waals surface area contributed by atoms with Gasteiger partial charge in [-0.05, 0) is 0 Å². The van der Waals surface area contributed by atoms with Gasteiger partial charge in [0.2, 0.25) is 0 Å². The van der Waals surface area contributed by atoms with Crippen molar-refractivity contribution in [2.75, 3.05) is 0 Å². The summed E-state index contributed by atoms with van der Waals surface area (Å²) < 4.78 is 0. The van der Waals surface area contributed by atoms with Crippen LogP contribution >= 0.6 is 0 Å². The first kappa shape index (κ1) is 338. The average molecular weight is 180 g/mol. The van der Waals surface area contributed by atoms with Crippen LogP contribution in [0.3, 0.4) is 0 Å². The van der Waals surface area contributed by atoms with Crippen LogP contribution in [0.4, 0.5) is 0 Å². The van der Waals surface area contributed by atoms with E-state index in [1.165, 1.54) is 0 Å². The van der Waals surface area contributed by atoms with E-state index in [1.807, 2.05) is 0 Å². The minimum absolute atomic E-state index is 0. The topological polar surface area (TPSA) is 144 Å². The molecule has 7 heavy (non-hydrogen) atoms. The molecule has 0 aromatic heterocycles. The van der Waals surface area contributed by atoms with Crippen molar-refractivity contribution in [1.82, 2.24) is 0 Å². The van der Waals surface area contributed by atoms with Gasteiger partial charge in [-0.25, -0.2) is 0 Å². The van der Waals surface area contributed by atoms with Crippen molar-refractivity contribution >= 4 is 0 Å². The Balaban J connectivity index is 0. The van der Waals surface area contributed by atoms with Gasteiger partial charge in [-0.1, -0.05) is 0 Å². The smallest absolute Gasteiger partial charge is 2.00 e. The molecule has 1 radical (unpaired) electrons. The fraction of sp³-hybridized carbons (Fsp3) is 0. The van der Waals surface area contributed by atoms with Crippen LogP contribution in [0.15, 0.2) is 0 Å². The molecule has 0 saturated carbocycles. The van der Waals surface area contributed by atoms with Crippen LogP contribution in [0.25, 0.3) is 0 Å². The molecule has 7 heteroatoms. The molecule has 45 valence electrons. The van der Waals surface area contributed by atoms with Crippen LogP contribution in [0.5, 0.6) is 0 Å². The van der Waals surface area contributed by atoms with Gasteiger partial charge in [-0.15, -0.1) is 0 Å². The molecule has 0 aromatic carbocycles. The summed E-state index contributed by atoms with van der Waals surface area (Å²) in [5.41, 5.74) is 0. The number of rotatable bonds is 0. The summed E-state index contributed by atoms with van der Waals surface area (Å²) in [6.45, 7) is 0. The zero-order valence-electron chi connectivity index (χ0n) is 3.03. The molecule has 0 atom stereocenters. The van der Waals surface area contributed by atoms with E-state index in [1.54, 1.807) is 0 Å². The Morgan fingerprint density at radius 1 is 0.571 bits per heavy atom. The van der Waals surface area contributed by atoms with Crippen LogP contribution in [0.2, 0.25) is 0 Å². The number of hydrogen-bond donors (Lipinski definition) is 0. The van der Waals surface area contributed by atoms with Crippen LogP contribution in [0.1, 0.15) is 0 Å². The predicted octanol–water partition coefficient (Wildman–Crippen LogP) is -0.657. The van der Waals surface area contributed by atoms with E-state index in [2.05, 4.69) is 0 Å². The summed E-state index contributed by atoms with van der Waals surface area (Å²) in [6.07, 6.45) is 0. The monoisotopic (exact) mass is 180 g/mol. The second-order valence-corrected chi connectivity index (χ2v) is 0. The van der Waals surface area contributed by atoms with E-state index >= 15 is 0 Å². The average Bonchev–Trinajstić information content (AvgIpc) is 0. The Morgan fingerprint density at radius 2 is 0.571 bits per heavy atom. The van der Waals surface area contributed by atoms with Gasteiger partial charge in [-0.3, -0.25) is 0 Å². The second-order valence-electron chi connectivity index (χ2n) is 0. The van der Waals surface area contributed by atoms with E-state index in [-0.39, 0.29) is 67.7 Å². The summed E-state index contributed by atoms with van der Waals surface area (Å²) in [5, 5.41) is 0. The number of hydrogen-bond acceptors (Lipinski definition) is 1.